The summed E-state index contributed by atoms with van der Waals surface area (Å²) in [5.41, 5.74) is 3.60. The fraction of sp³-hybridized carbons (Fsp3) is 0.379. The van der Waals surface area contributed by atoms with E-state index in [0.717, 1.165) is 30.2 Å². The molecule has 0 fully saturated rings. The molecule has 0 saturated carbocycles. The van der Waals surface area contributed by atoms with Gasteiger partial charge in [-0.05, 0) is 89.2 Å². The van der Waals surface area contributed by atoms with Crippen LogP contribution in [0.3, 0.4) is 0 Å². The molecule has 0 spiro atoms. The number of rotatable bonds is 10. The van der Waals surface area contributed by atoms with Gasteiger partial charge in [0.25, 0.3) is 0 Å². The molecule has 0 unspecified atom stereocenters. The van der Waals surface area contributed by atoms with E-state index in [4.69, 9.17) is 9.47 Å². The minimum absolute atomic E-state index is 0.0382. The van der Waals surface area contributed by atoms with Crippen LogP contribution in [0.15, 0.2) is 72.3 Å². The molecule has 0 radical (unpaired) electrons. The summed E-state index contributed by atoms with van der Waals surface area (Å²) in [6.45, 7) is 13.3. The average Bonchev–Trinajstić information content (AvgIpc) is 2.71. The maximum atomic E-state index is 6.04. The van der Waals surface area contributed by atoms with Crippen molar-refractivity contribution in [3.63, 3.8) is 0 Å². The lowest BCUT2D eigenvalue weighted by molar-refractivity contribution is 0.302. The maximum absolute atomic E-state index is 6.04. The SMILES string of the molecule is CC(C)=CCOc1cccc(COc2cccc(CN(C)CC=CC#CC(C)(C)C)c2)c1. The molecule has 0 bridgehead atoms. The lowest BCUT2D eigenvalue weighted by atomic mass is 9.98. The second-order valence-corrected chi connectivity index (χ2v) is 9.29. The molecule has 170 valence electrons. The van der Waals surface area contributed by atoms with Crippen molar-refractivity contribution in [2.24, 2.45) is 5.41 Å². The Kier molecular flexibility index (Phi) is 10.1. The highest BCUT2D eigenvalue weighted by Crippen LogP contribution is 2.19. The van der Waals surface area contributed by atoms with Crippen LogP contribution >= 0.6 is 0 Å². The summed E-state index contributed by atoms with van der Waals surface area (Å²) in [6, 6.07) is 16.3. The van der Waals surface area contributed by atoms with Gasteiger partial charge in [0.15, 0.2) is 0 Å². The molecule has 2 aromatic carbocycles. The summed E-state index contributed by atoms with van der Waals surface area (Å²) in [4.78, 5) is 2.25. The number of hydrogen-bond donors (Lipinski definition) is 0. The second kappa shape index (κ2) is 12.8. The number of nitrogens with zero attached hydrogens (tertiary/aromatic N) is 1. The van der Waals surface area contributed by atoms with Gasteiger partial charge in [0.1, 0.15) is 24.7 Å². The monoisotopic (exact) mass is 431 g/mol. The van der Waals surface area contributed by atoms with Crippen molar-refractivity contribution in [2.75, 3.05) is 20.2 Å². The Hall–Kier alpha value is -2.96. The van der Waals surface area contributed by atoms with Crippen molar-refractivity contribution in [2.45, 2.75) is 47.8 Å². The topological polar surface area (TPSA) is 21.7 Å². The molecule has 3 heteroatoms. The van der Waals surface area contributed by atoms with Gasteiger partial charge in [-0.1, -0.05) is 47.8 Å². The van der Waals surface area contributed by atoms with Crippen LogP contribution in [0.4, 0.5) is 0 Å². The van der Waals surface area contributed by atoms with Crippen LogP contribution in [0.1, 0.15) is 45.7 Å². The molecule has 0 aliphatic carbocycles. The van der Waals surface area contributed by atoms with Crippen LogP contribution in [0, 0.1) is 17.3 Å². The lowest BCUT2D eigenvalue weighted by Gasteiger charge is -2.15. The number of ether oxygens (including phenoxy) is 2. The van der Waals surface area contributed by atoms with E-state index in [-0.39, 0.29) is 5.41 Å². The molecule has 0 heterocycles. The Labute approximate surface area is 194 Å². The third kappa shape index (κ3) is 10.9. The fourth-order valence-electron chi connectivity index (χ4n) is 2.86. The molecule has 2 rings (SSSR count). The van der Waals surface area contributed by atoms with Crippen LogP contribution < -0.4 is 9.47 Å². The molecule has 2 aromatic rings. The minimum Gasteiger partial charge on any atom is -0.490 e. The zero-order chi connectivity index (χ0) is 23.4. The number of allylic oxidation sites excluding steroid dienone is 2. The van der Waals surface area contributed by atoms with Crippen molar-refractivity contribution in [1.82, 2.24) is 4.90 Å². The van der Waals surface area contributed by atoms with E-state index >= 15 is 0 Å². The van der Waals surface area contributed by atoms with Crippen molar-refractivity contribution < 1.29 is 9.47 Å². The summed E-state index contributed by atoms with van der Waals surface area (Å²) >= 11 is 0. The Morgan fingerprint density at radius 2 is 1.62 bits per heavy atom. The maximum Gasteiger partial charge on any atom is 0.120 e. The second-order valence-electron chi connectivity index (χ2n) is 9.29. The van der Waals surface area contributed by atoms with Crippen molar-refractivity contribution in [3.8, 4) is 23.3 Å². The Morgan fingerprint density at radius 3 is 2.31 bits per heavy atom. The number of benzene rings is 2. The lowest BCUT2D eigenvalue weighted by Crippen LogP contribution is -2.17. The van der Waals surface area contributed by atoms with E-state index in [0.29, 0.717) is 13.2 Å². The minimum atomic E-state index is 0.0382. The normalized spacial score (nSPS) is 11.2. The summed E-state index contributed by atoms with van der Waals surface area (Å²) in [6.07, 6.45) is 6.12. The highest BCUT2D eigenvalue weighted by molar-refractivity contribution is 5.31. The first-order valence-corrected chi connectivity index (χ1v) is 11.1. The predicted octanol–water partition coefficient (Wildman–Crippen LogP) is 6.65. The van der Waals surface area contributed by atoms with E-state index < -0.39 is 0 Å². The van der Waals surface area contributed by atoms with E-state index in [1.165, 1.54) is 11.1 Å². The van der Waals surface area contributed by atoms with Gasteiger partial charge in [0.05, 0.1) is 0 Å². The van der Waals surface area contributed by atoms with Crippen LogP contribution in [0.2, 0.25) is 0 Å². The zero-order valence-corrected chi connectivity index (χ0v) is 20.4. The van der Waals surface area contributed by atoms with Crippen molar-refractivity contribution in [1.29, 1.82) is 0 Å². The molecule has 3 nitrogen and oxygen atoms in total. The van der Waals surface area contributed by atoms with Crippen molar-refractivity contribution >= 4 is 0 Å². The molecule has 0 N–H and O–H groups in total. The smallest absolute Gasteiger partial charge is 0.120 e. The van der Waals surface area contributed by atoms with Crippen LogP contribution in [0.5, 0.6) is 11.5 Å². The van der Waals surface area contributed by atoms with Gasteiger partial charge in [-0.3, -0.25) is 4.90 Å². The molecular weight excluding hydrogens is 394 g/mol. The summed E-state index contributed by atoms with van der Waals surface area (Å²) in [5.74, 6) is 8.07. The number of hydrogen-bond acceptors (Lipinski definition) is 3. The zero-order valence-electron chi connectivity index (χ0n) is 20.4. The van der Waals surface area contributed by atoms with Crippen molar-refractivity contribution in [3.05, 3.63) is 83.5 Å². The largest absolute Gasteiger partial charge is 0.490 e. The highest BCUT2D eigenvalue weighted by atomic mass is 16.5. The first-order chi connectivity index (χ1) is 15.2. The van der Waals surface area contributed by atoms with E-state index in [1.807, 2.05) is 36.4 Å². The van der Waals surface area contributed by atoms with Crippen LogP contribution in [-0.2, 0) is 13.2 Å². The third-order valence-corrected chi connectivity index (χ3v) is 4.46. The first-order valence-electron chi connectivity index (χ1n) is 11.1. The standard InChI is InChI=1S/C29H37NO2/c1-24(2)16-19-31-27-14-11-13-26(21-27)23-32-28-15-10-12-25(20-28)22-30(6)18-9-7-8-17-29(3,4)5/h7,9-16,20-21H,18-19,22-23H2,1-6H3. The van der Waals surface area contributed by atoms with E-state index in [2.05, 4.69) is 88.8 Å². The first kappa shape index (κ1) is 25.3. The molecule has 0 aliphatic rings. The van der Waals surface area contributed by atoms with Gasteiger partial charge >= 0.3 is 0 Å². The van der Waals surface area contributed by atoms with Crippen LogP contribution in [-0.4, -0.2) is 25.1 Å². The molecule has 0 aliphatic heterocycles. The van der Waals surface area contributed by atoms with E-state index in [9.17, 15) is 0 Å². The quantitative estimate of drug-likeness (QED) is 0.311. The molecule has 0 atom stereocenters. The van der Waals surface area contributed by atoms with Gasteiger partial charge in [0, 0.05) is 18.5 Å². The highest BCUT2D eigenvalue weighted by Gasteiger charge is 2.04. The van der Waals surface area contributed by atoms with Gasteiger partial charge in [-0.25, -0.2) is 0 Å². The van der Waals surface area contributed by atoms with Gasteiger partial charge in [-0.2, -0.15) is 0 Å². The molecule has 32 heavy (non-hydrogen) atoms. The Bertz CT molecular complexity index is 966. The number of likely N-dealkylation sites (N-methyl/N-ethyl adjacent to an activating group) is 1. The third-order valence-electron chi connectivity index (χ3n) is 4.46. The summed E-state index contributed by atoms with van der Waals surface area (Å²) in [7, 11) is 2.11. The van der Waals surface area contributed by atoms with Gasteiger partial charge in [-0.15, -0.1) is 0 Å². The van der Waals surface area contributed by atoms with Gasteiger partial charge < -0.3 is 9.47 Å². The molecule has 0 saturated heterocycles. The Balaban J connectivity index is 1.86. The fourth-order valence-corrected chi connectivity index (χ4v) is 2.86. The molecule has 0 amide bonds. The van der Waals surface area contributed by atoms with Gasteiger partial charge in [0.2, 0.25) is 0 Å². The van der Waals surface area contributed by atoms with Crippen LogP contribution in [0.25, 0.3) is 0 Å². The predicted molar refractivity (Wildman–Crippen MR) is 135 cm³/mol. The molecule has 0 aromatic heterocycles. The summed E-state index contributed by atoms with van der Waals surface area (Å²) in [5, 5.41) is 0. The Morgan fingerprint density at radius 1 is 0.969 bits per heavy atom. The average molecular weight is 432 g/mol. The summed E-state index contributed by atoms with van der Waals surface area (Å²) < 4.78 is 11.8. The molecular formula is C29H37NO2. The van der Waals surface area contributed by atoms with E-state index in [1.54, 1.807) is 0 Å².